The van der Waals surface area contributed by atoms with E-state index in [9.17, 15) is 4.79 Å². The molecule has 1 heterocycles. The molecule has 0 aromatic heterocycles. The van der Waals surface area contributed by atoms with Gasteiger partial charge in [-0.15, -0.1) is 0 Å². The summed E-state index contributed by atoms with van der Waals surface area (Å²) in [6.07, 6.45) is 0. The molecular weight excluding hydrogens is 450 g/mol. The van der Waals surface area contributed by atoms with Crippen molar-refractivity contribution in [2.24, 2.45) is 0 Å². The van der Waals surface area contributed by atoms with Crippen molar-refractivity contribution >= 4 is 34.2 Å². The molecule has 1 amide bonds. The number of methoxy groups -OCH3 is 2. The standard InChI is InChI=1S/C30H27N3O3/c1-35-26-17-24-25(18-27(26)36-2)33-30(34)28(24)29(21-9-5-3-6-10-21)32-23-15-13-20(14-16-23)19-31-22-11-7-4-8-12-22/h3-18,31-32H,19H2,1-2H3,(H,33,34). The first kappa shape index (κ1) is 23.1. The summed E-state index contributed by atoms with van der Waals surface area (Å²) in [5.74, 6) is 0.940. The lowest BCUT2D eigenvalue weighted by molar-refractivity contribution is -0.110. The fourth-order valence-corrected chi connectivity index (χ4v) is 4.24. The van der Waals surface area contributed by atoms with Gasteiger partial charge in [0, 0.05) is 29.5 Å². The van der Waals surface area contributed by atoms with E-state index < -0.39 is 0 Å². The van der Waals surface area contributed by atoms with E-state index in [1.165, 1.54) is 0 Å². The predicted molar refractivity (Wildman–Crippen MR) is 145 cm³/mol. The van der Waals surface area contributed by atoms with Crippen LogP contribution in [-0.2, 0) is 11.3 Å². The predicted octanol–water partition coefficient (Wildman–Crippen LogP) is 6.25. The van der Waals surface area contributed by atoms with Gasteiger partial charge in [0.25, 0.3) is 5.91 Å². The van der Waals surface area contributed by atoms with Crippen molar-refractivity contribution < 1.29 is 14.3 Å². The maximum absolute atomic E-state index is 13.2. The van der Waals surface area contributed by atoms with Crippen LogP contribution in [0.4, 0.5) is 17.1 Å². The third kappa shape index (κ3) is 4.74. The molecule has 1 aliphatic heterocycles. The number of amides is 1. The van der Waals surface area contributed by atoms with E-state index in [4.69, 9.17) is 9.47 Å². The number of benzene rings is 4. The Morgan fingerprint density at radius 2 is 1.42 bits per heavy atom. The lowest BCUT2D eigenvalue weighted by Crippen LogP contribution is -2.10. The first-order chi connectivity index (χ1) is 17.7. The monoisotopic (exact) mass is 477 g/mol. The number of hydrogen-bond acceptors (Lipinski definition) is 5. The zero-order chi connectivity index (χ0) is 24.9. The van der Waals surface area contributed by atoms with E-state index in [0.717, 1.165) is 28.1 Å². The first-order valence-corrected chi connectivity index (χ1v) is 11.7. The average molecular weight is 478 g/mol. The maximum Gasteiger partial charge on any atom is 0.258 e. The van der Waals surface area contributed by atoms with E-state index in [1.54, 1.807) is 20.3 Å². The fraction of sp³-hybridized carbons (Fsp3) is 0.100. The molecule has 1 aliphatic rings. The van der Waals surface area contributed by atoms with Gasteiger partial charge in [-0.25, -0.2) is 0 Å². The van der Waals surface area contributed by atoms with E-state index in [-0.39, 0.29) is 5.91 Å². The first-order valence-electron chi connectivity index (χ1n) is 11.7. The Kier molecular flexibility index (Phi) is 6.58. The van der Waals surface area contributed by atoms with Crippen molar-refractivity contribution in [2.75, 3.05) is 30.2 Å². The minimum absolute atomic E-state index is 0.185. The lowest BCUT2D eigenvalue weighted by Gasteiger charge is -2.16. The number of para-hydroxylation sites is 1. The number of hydrogen-bond donors (Lipinski definition) is 3. The van der Waals surface area contributed by atoms with E-state index in [2.05, 4.69) is 28.1 Å². The molecule has 4 aromatic rings. The number of carbonyl (C=O) groups is 1. The molecule has 0 unspecified atom stereocenters. The van der Waals surface area contributed by atoms with E-state index >= 15 is 0 Å². The van der Waals surface area contributed by atoms with Crippen LogP contribution in [-0.4, -0.2) is 20.1 Å². The molecule has 0 spiro atoms. The van der Waals surface area contributed by atoms with Crippen LogP contribution in [0.15, 0.2) is 97.1 Å². The van der Waals surface area contributed by atoms with Gasteiger partial charge in [-0.3, -0.25) is 4.79 Å². The van der Waals surface area contributed by atoms with Gasteiger partial charge in [0.15, 0.2) is 11.5 Å². The molecule has 6 nitrogen and oxygen atoms in total. The van der Waals surface area contributed by atoms with Crippen LogP contribution in [0.3, 0.4) is 0 Å². The molecular formula is C30H27N3O3. The summed E-state index contributed by atoms with van der Waals surface area (Å²) in [4.78, 5) is 13.2. The Labute approximate surface area is 210 Å². The van der Waals surface area contributed by atoms with Gasteiger partial charge in [0.1, 0.15) is 0 Å². The summed E-state index contributed by atoms with van der Waals surface area (Å²) in [5.41, 5.74) is 6.72. The van der Waals surface area contributed by atoms with Crippen molar-refractivity contribution in [3.05, 3.63) is 114 Å². The van der Waals surface area contributed by atoms with Gasteiger partial charge in [0.2, 0.25) is 0 Å². The second-order valence-electron chi connectivity index (χ2n) is 8.36. The normalized spacial score (nSPS) is 13.4. The van der Waals surface area contributed by atoms with Gasteiger partial charge in [-0.1, -0.05) is 60.7 Å². The quantitative estimate of drug-likeness (QED) is 0.262. The highest BCUT2D eigenvalue weighted by Crippen LogP contribution is 2.43. The number of ether oxygens (including phenoxy) is 2. The fourth-order valence-electron chi connectivity index (χ4n) is 4.24. The summed E-state index contributed by atoms with van der Waals surface area (Å²) in [5, 5.41) is 9.90. The molecule has 4 aromatic carbocycles. The molecule has 0 saturated carbocycles. The Balaban J connectivity index is 1.49. The third-order valence-corrected chi connectivity index (χ3v) is 6.07. The van der Waals surface area contributed by atoms with Crippen LogP contribution in [0.25, 0.3) is 11.3 Å². The highest BCUT2D eigenvalue weighted by Gasteiger charge is 2.30. The summed E-state index contributed by atoms with van der Waals surface area (Å²) < 4.78 is 10.9. The van der Waals surface area contributed by atoms with Gasteiger partial charge in [-0.05, 0) is 41.5 Å². The number of carbonyl (C=O) groups excluding carboxylic acids is 1. The Morgan fingerprint density at radius 3 is 2.08 bits per heavy atom. The third-order valence-electron chi connectivity index (χ3n) is 6.07. The number of nitrogens with one attached hydrogen (secondary N) is 3. The van der Waals surface area contributed by atoms with Gasteiger partial charge in [0.05, 0.1) is 31.2 Å². The molecule has 3 N–H and O–H groups in total. The maximum atomic E-state index is 13.2. The lowest BCUT2D eigenvalue weighted by atomic mass is 9.99. The minimum atomic E-state index is -0.185. The van der Waals surface area contributed by atoms with Crippen molar-refractivity contribution in [1.82, 2.24) is 0 Å². The van der Waals surface area contributed by atoms with Crippen molar-refractivity contribution in [1.29, 1.82) is 0 Å². The topological polar surface area (TPSA) is 71.6 Å². The molecule has 0 radical (unpaired) electrons. The van der Waals surface area contributed by atoms with Crippen molar-refractivity contribution in [3.8, 4) is 11.5 Å². The van der Waals surface area contributed by atoms with Crippen LogP contribution in [0.2, 0.25) is 0 Å². The Hall–Kier alpha value is -4.71. The molecule has 180 valence electrons. The van der Waals surface area contributed by atoms with Crippen LogP contribution in [0.5, 0.6) is 11.5 Å². The van der Waals surface area contributed by atoms with Crippen LogP contribution >= 0.6 is 0 Å². The zero-order valence-corrected chi connectivity index (χ0v) is 20.2. The Bertz CT molecular complexity index is 1400. The number of anilines is 3. The minimum Gasteiger partial charge on any atom is -0.493 e. The summed E-state index contributed by atoms with van der Waals surface area (Å²) in [6.45, 7) is 0.717. The highest BCUT2D eigenvalue weighted by atomic mass is 16.5. The van der Waals surface area contributed by atoms with E-state index in [1.807, 2.05) is 78.9 Å². The molecule has 0 bridgehead atoms. The largest absolute Gasteiger partial charge is 0.493 e. The molecule has 0 atom stereocenters. The van der Waals surface area contributed by atoms with Crippen molar-refractivity contribution in [2.45, 2.75) is 6.54 Å². The van der Waals surface area contributed by atoms with Crippen LogP contribution in [0.1, 0.15) is 16.7 Å². The molecule has 6 heteroatoms. The second kappa shape index (κ2) is 10.3. The van der Waals surface area contributed by atoms with Crippen molar-refractivity contribution in [3.63, 3.8) is 0 Å². The van der Waals surface area contributed by atoms with Gasteiger partial charge >= 0.3 is 0 Å². The van der Waals surface area contributed by atoms with Crippen LogP contribution in [0, 0.1) is 0 Å². The number of fused-ring (bicyclic) bond motifs is 1. The summed E-state index contributed by atoms with van der Waals surface area (Å²) in [7, 11) is 3.16. The number of rotatable bonds is 8. The highest BCUT2D eigenvalue weighted by molar-refractivity contribution is 6.37. The summed E-state index contributed by atoms with van der Waals surface area (Å²) >= 11 is 0. The molecule has 0 fully saturated rings. The molecule has 0 aliphatic carbocycles. The molecule has 0 saturated heterocycles. The van der Waals surface area contributed by atoms with Crippen LogP contribution < -0.4 is 25.4 Å². The zero-order valence-electron chi connectivity index (χ0n) is 20.2. The summed E-state index contributed by atoms with van der Waals surface area (Å²) in [6, 6.07) is 31.8. The Morgan fingerprint density at radius 1 is 0.778 bits per heavy atom. The van der Waals surface area contributed by atoms with Gasteiger partial charge in [-0.2, -0.15) is 0 Å². The average Bonchev–Trinajstić information content (AvgIpc) is 3.25. The second-order valence-corrected chi connectivity index (χ2v) is 8.36. The van der Waals surface area contributed by atoms with E-state index in [0.29, 0.717) is 35.0 Å². The molecule has 5 rings (SSSR count). The van der Waals surface area contributed by atoms with Gasteiger partial charge < -0.3 is 25.4 Å². The smallest absolute Gasteiger partial charge is 0.258 e. The SMILES string of the molecule is COc1cc2c(cc1OC)C(=C(Nc1ccc(CNc3ccccc3)cc1)c1ccccc1)C(=O)N2. The molecule has 36 heavy (non-hydrogen) atoms.